The number of halogens is 1. The molecule has 1 heterocycles. The van der Waals surface area contributed by atoms with Gasteiger partial charge in [-0.05, 0) is 32.0 Å². The van der Waals surface area contributed by atoms with E-state index in [9.17, 15) is 4.39 Å². The van der Waals surface area contributed by atoms with Gasteiger partial charge in [0.2, 0.25) is 0 Å². The third-order valence-electron chi connectivity index (χ3n) is 3.62. The van der Waals surface area contributed by atoms with Gasteiger partial charge in [-0.3, -0.25) is 4.68 Å². The van der Waals surface area contributed by atoms with Gasteiger partial charge in [0.1, 0.15) is 5.82 Å². The number of aromatic nitrogens is 2. The lowest BCUT2D eigenvalue weighted by Crippen LogP contribution is -2.24. The summed E-state index contributed by atoms with van der Waals surface area (Å²) in [6.45, 7) is 4.85. The molecule has 1 atom stereocenters. The second-order valence-corrected chi connectivity index (χ2v) is 4.88. The van der Waals surface area contributed by atoms with Crippen LogP contribution < -0.4 is 5.32 Å². The van der Waals surface area contributed by atoms with Crippen molar-refractivity contribution >= 4 is 0 Å². The van der Waals surface area contributed by atoms with E-state index in [1.54, 1.807) is 6.07 Å². The van der Waals surface area contributed by atoms with Gasteiger partial charge in [0.05, 0.1) is 18.3 Å². The fraction of sp³-hybridized carbons (Fsp3) is 0.438. The highest BCUT2D eigenvalue weighted by molar-refractivity contribution is 5.21. The van der Waals surface area contributed by atoms with E-state index >= 15 is 0 Å². The quantitative estimate of drug-likeness (QED) is 0.878. The number of hydrogen-bond donors (Lipinski definition) is 1. The lowest BCUT2D eigenvalue weighted by Gasteiger charge is -2.18. The number of hydrogen-bond acceptors (Lipinski definition) is 2. The Labute approximate surface area is 119 Å². The molecule has 0 radical (unpaired) electrons. The molecule has 1 aromatic heterocycles. The number of rotatable bonds is 6. The van der Waals surface area contributed by atoms with Crippen LogP contribution in [-0.4, -0.2) is 16.8 Å². The van der Waals surface area contributed by atoms with Gasteiger partial charge in [0, 0.05) is 11.3 Å². The number of aryl methyl sites for hydroxylation is 2. The summed E-state index contributed by atoms with van der Waals surface area (Å²) in [6, 6.07) is 8.96. The molecule has 0 saturated heterocycles. The molecule has 0 saturated carbocycles. The second-order valence-electron chi connectivity index (χ2n) is 4.88. The monoisotopic (exact) mass is 275 g/mol. The molecule has 4 heteroatoms. The van der Waals surface area contributed by atoms with E-state index in [0.29, 0.717) is 12.1 Å². The standard InChI is InChI=1S/C16H22FN3/c1-4-12-10-13(5-2)20(19-12)11-16(18-3)14-8-6-7-9-15(14)17/h6-10,16,18H,4-5,11H2,1-3H3. The molecule has 3 nitrogen and oxygen atoms in total. The van der Waals surface area contributed by atoms with Crippen LogP contribution in [0.5, 0.6) is 0 Å². The van der Waals surface area contributed by atoms with Gasteiger partial charge in [0.15, 0.2) is 0 Å². The molecule has 2 rings (SSSR count). The molecular weight excluding hydrogens is 253 g/mol. The van der Waals surface area contributed by atoms with E-state index in [2.05, 4.69) is 30.3 Å². The Kier molecular flexibility index (Phi) is 4.90. The predicted octanol–water partition coefficient (Wildman–Crippen LogP) is 3.11. The fourth-order valence-corrected chi connectivity index (χ4v) is 2.41. The van der Waals surface area contributed by atoms with Gasteiger partial charge in [-0.2, -0.15) is 5.10 Å². The van der Waals surface area contributed by atoms with Crippen LogP contribution in [0.2, 0.25) is 0 Å². The molecule has 2 aromatic rings. The maximum Gasteiger partial charge on any atom is 0.128 e. The maximum atomic E-state index is 13.9. The van der Waals surface area contributed by atoms with Gasteiger partial charge in [-0.25, -0.2) is 4.39 Å². The molecule has 0 aliphatic rings. The van der Waals surface area contributed by atoms with E-state index in [4.69, 9.17) is 0 Å². The van der Waals surface area contributed by atoms with Crippen molar-refractivity contribution in [3.63, 3.8) is 0 Å². The van der Waals surface area contributed by atoms with Crippen LogP contribution in [0.15, 0.2) is 30.3 Å². The lowest BCUT2D eigenvalue weighted by molar-refractivity contribution is 0.439. The van der Waals surface area contributed by atoms with E-state index < -0.39 is 0 Å². The minimum atomic E-state index is -0.173. The van der Waals surface area contributed by atoms with Gasteiger partial charge >= 0.3 is 0 Å². The largest absolute Gasteiger partial charge is 0.311 e. The zero-order valence-electron chi connectivity index (χ0n) is 12.4. The van der Waals surface area contributed by atoms with Gasteiger partial charge in [0.25, 0.3) is 0 Å². The van der Waals surface area contributed by atoms with Gasteiger partial charge in [-0.1, -0.05) is 32.0 Å². The SMILES string of the molecule is CCc1cc(CC)n(CC(NC)c2ccccc2F)n1. The molecule has 0 aliphatic carbocycles. The first-order valence-corrected chi connectivity index (χ1v) is 7.16. The highest BCUT2D eigenvalue weighted by atomic mass is 19.1. The first-order valence-electron chi connectivity index (χ1n) is 7.16. The van der Waals surface area contributed by atoms with Gasteiger partial charge < -0.3 is 5.32 Å². The molecule has 1 aromatic carbocycles. The second kappa shape index (κ2) is 6.66. The zero-order chi connectivity index (χ0) is 14.5. The van der Waals surface area contributed by atoms with Crippen molar-refractivity contribution in [3.8, 4) is 0 Å². The van der Waals surface area contributed by atoms with Crippen molar-refractivity contribution in [2.24, 2.45) is 0 Å². The minimum Gasteiger partial charge on any atom is -0.311 e. The summed E-state index contributed by atoms with van der Waals surface area (Å²) >= 11 is 0. The van der Waals surface area contributed by atoms with Crippen molar-refractivity contribution in [3.05, 3.63) is 53.1 Å². The number of benzene rings is 1. The molecule has 0 bridgehead atoms. The molecule has 108 valence electrons. The molecule has 20 heavy (non-hydrogen) atoms. The Bertz CT molecular complexity index is 563. The highest BCUT2D eigenvalue weighted by Crippen LogP contribution is 2.19. The summed E-state index contributed by atoms with van der Waals surface area (Å²) in [5.41, 5.74) is 2.97. The summed E-state index contributed by atoms with van der Waals surface area (Å²) in [6.07, 6.45) is 1.85. The van der Waals surface area contributed by atoms with Crippen LogP contribution in [0.3, 0.4) is 0 Å². The molecule has 1 unspecified atom stereocenters. The van der Waals surface area contributed by atoms with Crippen LogP contribution in [-0.2, 0) is 19.4 Å². The van der Waals surface area contributed by atoms with Crippen molar-refractivity contribution in [2.75, 3.05) is 7.05 Å². The van der Waals surface area contributed by atoms with Crippen LogP contribution >= 0.6 is 0 Å². The normalized spacial score (nSPS) is 12.6. The van der Waals surface area contributed by atoms with Crippen LogP contribution in [0.4, 0.5) is 4.39 Å². The summed E-state index contributed by atoms with van der Waals surface area (Å²) in [7, 11) is 1.85. The highest BCUT2D eigenvalue weighted by Gasteiger charge is 2.16. The summed E-state index contributed by atoms with van der Waals surface area (Å²) in [5, 5.41) is 7.78. The van der Waals surface area contributed by atoms with Gasteiger partial charge in [-0.15, -0.1) is 0 Å². The third kappa shape index (κ3) is 3.07. The Hall–Kier alpha value is -1.68. The van der Waals surface area contributed by atoms with E-state index in [1.807, 2.05) is 23.9 Å². The minimum absolute atomic E-state index is 0.0777. The molecule has 0 spiro atoms. The van der Waals surface area contributed by atoms with E-state index in [1.165, 1.54) is 11.8 Å². The fourth-order valence-electron chi connectivity index (χ4n) is 2.41. The van der Waals surface area contributed by atoms with Crippen molar-refractivity contribution in [1.82, 2.24) is 15.1 Å². The number of likely N-dealkylation sites (N-methyl/N-ethyl adjacent to an activating group) is 1. The van der Waals surface area contributed by atoms with Crippen LogP contribution in [0, 0.1) is 5.82 Å². The molecule has 1 N–H and O–H groups in total. The lowest BCUT2D eigenvalue weighted by atomic mass is 10.1. The molecule has 0 amide bonds. The van der Waals surface area contributed by atoms with E-state index in [0.717, 1.165) is 18.5 Å². The average Bonchev–Trinajstić information content (AvgIpc) is 2.88. The maximum absolute atomic E-state index is 13.9. The molecule has 0 aliphatic heterocycles. The Morgan fingerprint density at radius 1 is 1.25 bits per heavy atom. The van der Waals surface area contributed by atoms with Crippen molar-refractivity contribution < 1.29 is 4.39 Å². The molecule has 0 fully saturated rings. The first kappa shape index (κ1) is 14.7. The van der Waals surface area contributed by atoms with Crippen LogP contribution in [0.25, 0.3) is 0 Å². The Morgan fingerprint density at radius 2 is 2.00 bits per heavy atom. The summed E-state index contributed by atoms with van der Waals surface area (Å²) in [5.74, 6) is -0.173. The number of nitrogens with zero attached hydrogens (tertiary/aromatic N) is 2. The third-order valence-corrected chi connectivity index (χ3v) is 3.62. The predicted molar refractivity (Wildman–Crippen MR) is 79.2 cm³/mol. The van der Waals surface area contributed by atoms with E-state index in [-0.39, 0.29) is 11.9 Å². The van der Waals surface area contributed by atoms with Crippen LogP contribution in [0.1, 0.15) is 36.8 Å². The molecular formula is C16H22FN3. The Morgan fingerprint density at radius 3 is 2.60 bits per heavy atom. The number of nitrogens with one attached hydrogen (secondary N) is 1. The Balaban J connectivity index is 2.26. The zero-order valence-corrected chi connectivity index (χ0v) is 12.4. The summed E-state index contributed by atoms with van der Waals surface area (Å²) < 4.78 is 15.9. The average molecular weight is 275 g/mol. The van der Waals surface area contributed by atoms with Crippen molar-refractivity contribution in [1.29, 1.82) is 0 Å². The smallest absolute Gasteiger partial charge is 0.128 e. The first-order chi connectivity index (χ1) is 9.69. The topological polar surface area (TPSA) is 29.9 Å². The summed E-state index contributed by atoms with van der Waals surface area (Å²) in [4.78, 5) is 0. The van der Waals surface area contributed by atoms with Crippen molar-refractivity contribution in [2.45, 2.75) is 39.3 Å².